The molecule has 1 heterocycles. The van der Waals surface area contributed by atoms with Gasteiger partial charge in [-0.15, -0.1) is 0 Å². The SMILES string of the molecule is CCOC(=O)C(=O)Nc1nc(C)cc(C)n1. The van der Waals surface area contributed by atoms with Gasteiger partial charge in [-0.3, -0.25) is 10.1 Å². The van der Waals surface area contributed by atoms with Crippen LogP contribution in [0, 0.1) is 13.8 Å². The third kappa shape index (κ3) is 3.30. The largest absolute Gasteiger partial charge is 0.459 e. The molecule has 16 heavy (non-hydrogen) atoms. The summed E-state index contributed by atoms with van der Waals surface area (Å²) in [6, 6.07) is 1.76. The first-order valence-corrected chi connectivity index (χ1v) is 4.83. The van der Waals surface area contributed by atoms with Crippen molar-refractivity contribution < 1.29 is 14.3 Å². The maximum atomic E-state index is 11.3. The molecule has 0 atom stereocenters. The van der Waals surface area contributed by atoms with Crippen LogP contribution in [0.3, 0.4) is 0 Å². The quantitative estimate of drug-likeness (QED) is 0.586. The van der Waals surface area contributed by atoms with Gasteiger partial charge in [0, 0.05) is 11.4 Å². The lowest BCUT2D eigenvalue weighted by atomic mass is 10.4. The van der Waals surface area contributed by atoms with Gasteiger partial charge < -0.3 is 4.74 Å². The number of carbonyl (C=O) groups excluding carboxylic acids is 2. The van der Waals surface area contributed by atoms with Crippen molar-refractivity contribution in [3.63, 3.8) is 0 Å². The highest BCUT2D eigenvalue weighted by Gasteiger charge is 2.16. The number of esters is 1. The van der Waals surface area contributed by atoms with E-state index in [0.29, 0.717) is 11.4 Å². The standard InChI is InChI=1S/C10H13N3O3/c1-4-16-9(15)8(14)13-10-11-6(2)5-7(3)12-10/h5H,4H2,1-3H3,(H,11,12,13,14). The molecule has 0 saturated carbocycles. The summed E-state index contributed by atoms with van der Waals surface area (Å²) in [6.07, 6.45) is 0. The number of hydrogen-bond acceptors (Lipinski definition) is 5. The van der Waals surface area contributed by atoms with Crippen LogP contribution < -0.4 is 5.32 Å². The lowest BCUT2D eigenvalue weighted by molar-refractivity contribution is -0.152. The number of anilines is 1. The number of amides is 1. The van der Waals surface area contributed by atoms with Gasteiger partial charge in [-0.2, -0.15) is 0 Å². The van der Waals surface area contributed by atoms with Crippen LogP contribution in [0.2, 0.25) is 0 Å². The molecular formula is C10H13N3O3. The second kappa shape index (κ2) is 5.20. The number of nitrogens with one attached hydrogen (secondary N) is 1. The van der Waals surface area contributed by atoms with Crippen molar-refractivity contribution in [2.24, 2.45) is 0 Å². The zero-order valence-corrected chi connectivity index (χ0v) is 9.40. The third-order valence-electron chi connectivity index (χ3n) is 1.67. The number of ether oxygens (including phenoxy) is 1. The summed E-state index contributed by atoms with van der Waals surface area (Å²) >= 11 is 0. The topological polar surface area (TPSA) is 81.2 Å². The molecule has 86 valence electrons. The molecule has 6 heteroatoms. The van der Waals surface area contributed by atoms with Crippen molar-refractivity contribution in [3.05, 3.63) is 17.5 Å². The lowest BCUT2D eigenvalue weighted by Gasteiger charge is -2.04. The molecule has 1 aromatic heterocycles. The Kier molecular flexibility index (Phi) is 3.93. The van der Waals surface area contributed by atoms with Crippen LogP contribution in [0.1, 0.15) is 18.3 Å². The Balaban J connectivity index is 2.73. The number of rotatable bonds is 2. The fraction of sp³-hybridized carbons (Fsp3) is 0.400. The van der Waals surface area contributed by atoms with E-state index in [2.05, 4.69) is 20.0 Å². The fourth-order valence-corrected chi connectivity index (χ4v) is 1.13. The minimum atomic E-state index is -0.940. The molecule has 0 spiro atoms. The molecule has 0 saturated heterocycles. The molecular weight excluding hydrogens is 210 g/mol. The van der Waals surface area contributed by atoms with Crippen molar-refractivity contribution in [1.82, 2.24) is 9.97 Å². The second-order valence-electron chi connectivity index (χ2n) is 3.15. The Morgan fingerprint density at radius 2 is 1.88 bits per heavy atom. The van der Waals surface area contributed by atoms with Crippen LogP contribution >= 0.6 is 0 Å². The summed E-state index contributed by atoms with van der Waals surface area (Å²) in [6.45, 7) is 5.32. The smallest absolute Gasteiger partial charge is 0.397 e. The van der Waals surface area contributed by atoms with Gasteiger partial charge in [-0.05, 0) is 26.8 Å². The Bertz CT molecular complexity index is 398. The first kappa shape index (κ1) is 12.1. The molecule has 0 aliphatic carbocycles. The third-order valence-corrected chi connectivity index (χ3v) is 1.67. The maximum Gasteiger partial charge on any atom is 0.397 e. The monoisotopic (exact) mass is 223 g/mol. The number of nitrogens with zero attached hydrogens (tertiary/aromatic N) is 2. The van der Waals surface area contributed by atoms with Gasteiger partial charge in [0.05, 0.1) is 6.61 Å². The van der Waals surface area contributed by atoms with Gasteiger partial charge in [-0.1, -0.05) is 0 Å². The van der Waals surface area contributed by atoms with Crippen molar-refractivity contribution in [2.45, 2.75) is 20.8 Å². The van der Waals surface area contributed by atoms with Crippen molar-refractivity contribution in [2.75, 3.05) is 11.9 Å². The molecule has 0 aliphatic rings. The van der Waals surface area contributed by atoms with Crippen molar-refractivity contribution in [3.8, 4) is 0 Å². The van der Waals surface area contributed by atoms with Gasteiger partial charge >= 0.3 is 11.9 Å². The van der Waals surface area contributed by atoms with E-state index in [0.717, 1.165) is 0 Å². The van der Waals surface area contributed by atoms with E-state index in [1.165, 1.54) is 0 Å². The summed E-state index contributed by atoms with van der Waals surface area (Å²) in [4.78, 5) is 30.2. The average Bonchev–Trinajstić information content (AvgIpc) is 2.16. The average molecular weight is 223 g/mol. The highest BCUT2D eigenvalue weighted by atomic mass is 16.5. The van der Waals surface area contributed by atoms with E-state index in [-0.39, 0.29) is 12.6 Å². The van der Waals surface area contributed by atoms with Crippen LogP contribution in [-0.2, 0) is 14.3 Å². The van der Waals surface area contributed by atoms with E-state index >= 15 is 0 Å². The van der Waals surface area contributed by atoms with E-state index < -0.39 is 11.9 Å². The Hall–Kier alpha value is -1.98. The minimum Gasteiger partial charge on any atom is -0.459 e. The van der Waals surface area contributed by atoms with E-state index in [1.807, 2.05) is 0 Å². The van der Waals surface area contributed by atoms with Gasteiger partial charge in [0.2, 0.25) is 5.95 Å². The molecule has 1 aromatic rings. The summed E-state index contributed by atoms with van der Waals surface area (Å²) in [5.41, 5.74) is 1.43. The maximum absolute atomic E-state index is 11.3. The zero-order chi connectivity index (χ0) is 12.1. The van der Waals surface area contributed by atoms with E-state index in [1.54, 1.807) is 26.8 Å². The van der Waals surface area contributed by atoms with Crippen LogP contribution in [-0.4, -0.2) is 28.5 Å². The van der Waals surface area contributed by atoms with E-state index in [9.17, 15) is 9.59 Å². The summed E-state index contributed by atoms with van der Waals surface area (Å²) in [5, 5.41) is 2.27. The second-order valence-corrected chi connectivity index (χ2v) is 3.15. The molecule has 0 radical (unpaired) electrons. The Labute approximate surface area is 93.0 Å². The molecule has 1 amide bonds. The van der Waals surface area contributed by atoms with Crippen LogP contribution in [0.15, 0.2) is 6.07 Å². The van der Waals surface area contributed by atoms with Gasteiger partial charge in [-0.25, -0.2) is 14.8 Å². The first-order chi connectivity index (χ1) is 7.52. The Morgan fingerprint density at radius 1 is 1.31 bits per heavy atom. The fourth-order valence-electron chi connectivity index (χ4n) is 1.13. The van der Waals surface area contributed by atoms with Crippen molar-refractivity contribution >= 4 is 17.8 Å². The van der Waals surface area contributed by atoms with Gasteiger partial charge in [0.25, 0.3) is 0 Å². The predicted molar refractivity (Wildman–Crippen MR) is 56.8 cm³/mol. The molecule has 1 rings (SSSR count). The lowest BCUT2D eigenvalue weighted by Crippen LogP contribution is -2.26. The minimum absolute atomic E-state index is 0.107. The highest BCUT2D eigenvalue weighted by molar-refractivity contribution is 6.37. The number of aryl methyl sites for hydroxylation is 2. The molecule has 6 nitrogen and oxygen atoms in total. The first-order valence-electron chi connectivity index (χ1n) is 4.83. The molecule has 0 bridgehead atoms. The molecule has 1 N–H and O–H groups in total. The van der Waals surface area contributed by atoms with E-state index in [4.69, 9.17) is 0 Å². The number of aromatic nitrogens is 2. The summed E-state index contributed by atoms with van der Waals surface area (Å²) in [5.74, 6) is -1.70. The van der Waals surface area contributed by atoms with Crippen molar-refractivity contribution in [1.29, 1.82) is 0 Å². The van der Waals surface area contributed by atoms with Gasteiger partial charge in [0.15, 0.2) is 0 Å². The Morgan fingerprint density at radius 3 is 2.38 bits per heavy atom. The predicted octanol–water partition coefficient (Wildman–Crippen LogP) is 0.595. The highest BCUT2D eigenvalue weighted by Crippen LogP contribution is 2.03. The van der Waals surface area contributed by atoms with Crippen LogP contribution in [0.5, 0.6) is 0 Å². The molecule has 0 aromatic carbocycles. The number of hydrogen-bond donors (Lipinski definition) is 1. The normalized spacial score (nSPS) is 9.69. The molecule has 0 fully saturated rings. The van der Waals surface area contributed by atoms with Crippen LogP contribution in [0.25, 0.3) is 0 Å². The molecule has 0 aliphatic heterocycles. The number of carbonyl (C=O) groups is 2. The summed E-state index contributed by atoms with van der Waals surface area (Å²) in [7, 11) is 0. The van der Waals surface area contributed by atoms with Crippen LogP contribution in [0.4, 0.5) is 5.95 Å². The van der Waals surface area contributed by atoms with Gasteiger partial charge in [0.1, 0.15) is 0 Å². The zero-order valence-electron chi connectivity index (χ0n) is 9.40. The summed E-state index contributed by atoms with van der Waals surface area (Å²) < 4.78 is 4.53. The molecule has 0 unspecified atom stereocenters.